The molecule has 1 aromatic rings. The number of nitrogens with zero attached hydrogens (tertiary/aromatic N) is 1. The third kappa shape index (κ3) is 2.58. The molecule has 0 radical (unpaired) electrons. The van der Waals surface area contributed by atoms with Crippen molar-refractivity contribution in [3.8, 4) is 5.75 Å². The minimum absolute atomic E-state index is 0.151. The lowest BCUT2D eigenvalue weighted by atomic mass is 9.76. The summed E-state index contributed by atoms with van der Waals surface area (Å²) in [6.45, 7) is 7.88. The second-order valence-electron chi connectivity index (χ2n) is 7.10. The second-order valence-corrected chi connectivity index (χ2v) is 7.10. The van der Waals surface area contributed by atoms with Gasteiger partial charge in [0.15, 0.2) is 0 Å². The Labute approximate surface area is 128 Å². The Morgan fingerprint density at radius 3 is 2.57 bits per heavy atom. The molecule has 3 nitrogen and oxygen atoms in total. The summed E-state index contributed by atoms with van der Waals surface area (Å²) in [4.78, 5) is 2.67. The lowest BCUT2D eigenvalue weighted by Crippen LogP contribution is -2.56. The van der Waals surface area contributed by atoms with E-state index in [4.69, 9.17) is 10.5 Å². The van der Waals surface area contributed by atoms with E-state index in [9.17, 15) is 0 Å². The van der Waals surface area contributed by atoms with Crippen LogP contribution in [-0.4, -0.2) is 37.2 Å². The fourth-order valence-electron chi connectivity index (χ4n) is 4.04. The molecule has 0 saturated carbocycles. The first kappa shape index (κ1) is 14.9. The van der Waals surface area contributed by atoms with Gasteiger partial charge in [0.25, 0.3) is 0 Å². The summed E-state index contributed by atoms with van der Waals surface area (Å²) in [6.07, 6.45) is 3.38. The van der Waals surface area contributed by atoms with E-state index in [2.05, 4.69) is 36.9 Å². The van der Waals surface area contributed by atoms with Crippen LogP contribution in [0.5, 0.6) is 5.75 Å². The molecule has 1 saturated heterocycles. The molecule has 1 aliphatic heterocycles. The van der Waals surface area contributed by atoms with Gasteiger partial charge in [-0.05, 0) is 54.4 Å². The van der Waals surface area contributed by atoms with E-state index >= 15 is 0 Å². The predicted molar refractivity (Wildman–Crippen MR) is 86.7 cm³/mol. The van der Waals surface area contributed by atoms with Gasteiger partial charge >= 0.3 is 0 Å². The molecular formula is C18H28N2O. The van der Waals surface area contributed by atoms with E-state index in [1.807, 2.05) is 0 Å². The van der Waals surface area contributed by atoms with Gasteiger partial charge in [0.1, 0.15) is 5.75 Å². The number of methoxy groups -OCH3 is 1. The number of ether oxygens (including phenoxy) is 1. The fraction of sp³-hybridized carbons (Fsp3) is 0.667. The van der Waals surface area contributed by atoms with Crippen LogP contribution in [-0.2, 0) is 12.8 Å². The van der Waals surface area contributed by atoms with Gasteiger partial charge in [-0.2, -0.15) is 0 Å². The third-order valence-corrected chi connectivity index (χ3v) is 5.83. The Bertz CT molecular complexity index is 506. The maximum absolute atomic E-state index is 6.26. The summed E-state index contributed by atoms with van der Waals surface area (Å²) in [5.74, 6) is 2.52. The smallest absolute Gasteiger partial charge is 0.119 e. The number of hydrogen-bond donors (Lipinski definition) is 1. The van der Waals surface area contributed by atoms with Crippen LogP contribution in [0.15, 0.2) is 18.2 Å². The molecule has 1 aromatic carbocycles. The molecule has 3 atom stereocenters. The van der Waals surface area contributed by atoms with Crippen LogP contribution >= 0.6 is 0 Å². The Hall–Kier alpha value is -1.06. The second kappa shape index (κ2) is 5.62. The maximum atomic E-state index is 6.26. The summed E-state index contributed by atoms with van der Waals surface area (Å²) < 4.78 is 5.40. The molecule has 0 bridgehead atoms. The van der Waals surface area contributed by atoms with Gasteiger partial charge in [-0.1, -0.05) is 19.9 Å². The molecule has 0 spiro atoms. The van der Waals surface area contributed by atoms with Gasteiger partial charge in [0.2, 0.25) is 0 Å². The van der Waals surface area contributed by atoms with Crippen molar-refractivity contribution in [2.75, 3.05) is 26.7 Å². The lowest BCUT2D eigenvalue weighted by molar-refractivity contribution is 0.101. The van der Waals surface area contributed by atoms with Crippen molar-refractivity contribution in [1.82, 2.24) is 4.90 Å². The highest BCUT2D eigenvalue weighted by Crippen LogP contribution is 2.38. The van der Waals surface area contributed by atoms with Gasteiger partial charge < -0.3 is 10.5 Å². The number of nitrogens with two attached hydrogens (primary N) is 1. The van der Waals surface area contributed by atoms with Gasteiger partial charge in [-0.25, -0.2) is 0 Å². The number of aryl methyl sites for hydroxylation is 1. The fourth-order valence-corrected chi connectivity index (χ4v) is 4.04. The largest absolute Gasteiger partial charge is 0.497 e. The summed E-state index contributed by atoms with van der Waals surface area (Å²) in [6, 6.07) is 6.51. The Morgan fingerprint density at radius 2 is 1.95 bits per heavy atom. The van der Waals surface area contributed by atoms with Crippen molar-refractivity contribution in [2.24, 2.45) is 17.6 Å². The van der Waals surface area contributed by atoms with Crippen molar-refractivity contribution < 1.29 is 4.74 Å². The number of fused-ring (bicyclic) bond motifs is 1. The molecule has 116 valence electrons. The van der Waals surface area contributed by atoms with E-state index in [0.29, 0.717) is 0 Å². The first-order valence-corrected chi connectivity index (χ1v) is 8.19. The zero-order valence-electron chi connectivity index (χ0n) is 13.6. The summed E-state index contributed by atoms with van der Waals surface area (Å²) >= 11 is 0. The van der Waals surface area contributed by atoms with Gasteiger partial charge in [-0.3, -0.25) is 4.90 Å². The van der Waals surface area contributed by atoms with E-state index in [-0.39, 0.29) is 5.54 Å². The van der Waals surface area contributed by atoms with E-state index in [1.54, 1.807) is 7.11 Å². The quantitative estimate of drug-likeness (QED) is 0.928. The topological polar surface area (TPSA) is 38.5 Å². The molecule has 3 unspecified atom stereocenters. The Morgan fingerprint density at radius 1 is 1.24 bits per heavy atom. The Kier molecular flexibility index (Phi) is 3.98. The average molecular weight is 288 g/mol. The number of likely N-dealkylation sites (tertiary alicyclic amines) is 1. The summed E-state index contributed by atoms with van der Waals surface area (Å²) in [5, 5.41) is 0. The minimum Gasteiger partial charge on any atom is -0.497 e. The first-order chi connectivity index (χ1) is 10.1. The van der Waals surface area contributed by atoms with E-state index in [0.717, 1.165) is 37.0 Å². The molecule has 3 heteroatoms. The van der Waals surface area contributed by atoms with E-state index in [1.165, 1.54) is 30.6 Å². The van der Waals surface area contributed by atoms with E-state index < -0.39 is 0 Å². The summed E-state index contributed by atoms with van der Waals surface area (Å²) in [5.41, 5.74) is 9.32. The predicted octanol–water partition coefficient (Wildman–Crippen LogP) is 2.47. The average Bonchev–Trinajstić information content (AvgIpc) is 2.86. The van der Waals surface area contributed by atoms with Gasteiger partial charge in [0.05, 0.1) is 7.11 Å². The molecule has 3 rings (SSSR count). The monoisotopic (exact) mass is 288 g/mol. The Balaban J connectivity index is 1.87. The highest BCUT2D eigenvalue weighted by molar-refractivity contribution is 5.39. The molecule has 21 heavy (non-hydrogen) atoms. The SMILES string of the molecule is COc1ccc2c(c1)CC(CN)(N1CC(C)C(C)C1)CC2. The van der Waals surface area contributed by atoms with Crippen molar-refractivity contribution >= 4 is 0 Å². The number of benzene rings is 1. The van der Waals surface area contributed by atoms with Gasteiger partial charge in [-0.15, -0.1) is 0 Å². The standard InChI is InChI=1S/C18H28N2O/c1-13-10-20(11-14(13)2)18(12-19)7-6-15-4-5-17(21-3)8-16(15)9-18/h4-5,8,13-14H,6-7,9-12,19H2,1-3H3. The number of hydrogen-bond acceptors (Lipinski definition) is 3. The molecule has 0 amide bonds. The molecule has 0 aromatic heterocycles. The van der Waals surface area contributed by atoms with Crippen LogP contribution in [0.4, 0.5) is 0 Å². The third-order valence-electron chi connectivity index (χ3n) is 5.83. The lowest BCUT2D eigenvalue weighted by Gasteiger charge is -2.45. The van der Waals surface area contributed by atoms with Crippen LogP contribution in [0.25, 0.3) is 0 Å². The van der Waals surface area contributed by atoms with Crippen molar-refractivity contribution in [1.29, 1.82) is 0 Å². The molecule has 1 aliphatic carbocycles. The van der Waals surface area contributed by atoms with Crippen LogP contribution in [0.2, 0.25) is 0 Å². The maximum Gasteiger partial charge on any atom is 0.119 e. The molecule has 1 fully saturated rings. The minimum atomic E-state index is 0.151. The van der Waals surface area contributed by atoms with Crippen LogP contribution in [0.3, 0.4) is 0 Å². The highest BCUT2D eigenvalue weighted by atomic mass is 16.5. The molecule has 1 heterocycles. The molecular weight excluding hydrogens is 260 g/mol. The van der Waals surface area contributed by atoms with Crippen molar-refractivity contribution in [3.05, 3.63) is 29.3 Å². The zero-order valence-corrected chi connectivity index (χ0v) is 13.6. The zero-order chi connectivity index (χ0) is 15.0. The van der Waals surface area contributed by atoms with Crippen LogP contribution in [0, 0.1) is 11.8 Å². The normalized spacial score (nSPS) is 33.0. The first-order valence-electron chi connectivity index (χ1n) is 8.19. The van der Waals surface area contributed by atoms with Crippen LogP contribution in [0.1, 0.15) is 31.4 Å². The van der Waals surface area contributed by atoms with Gasteiger partial charge in [0, 0.05) is 25.2 Å². The highest BCUT2D eigenvalue weighted by Gasteiger charge is 2.43. The number of rotatable bonds is 3. The van der Waals surface area contributed by atoms with Crippen molar-refractivity contribution in [2.45, 2.75) is 38.6 Å². The molecule has 2 aliphatic rings. The summed E-state index contributed by atoms with van der Waals surface area (Å²) in [7, 11) is 1.74. The van der Waals surface area contributed by atoms with Crippen LogP contribution < -0.4 is 10.5 Å². The van der Waals surface area contributed by atoms with Crippen molar-refractivity contribution in [3.63, 3.8) is 0 Å². The molecule has 2 N–H and O–H groups in total.